The molecule has 0 aliphatic heterocycles. The Hall–Kier alpha value is -4.15. The molecule has 0 bridgehead atoms. The molecule has 1 aliphatic rings. The van der Waals surface area contributed by atoms with Crippen LogP contribution in [0.2, 0.25) is 19.6 Å². The molecule has 1 aliphatic carbocycles. The zero-order chi connectivity index (χ0) is 39.9. The number of hydrogen-bond acceptors (Lipinski definition) is 3. The number of furan rings is 1. The molecular weight excluding hydrogens is 829 g/mol. The van der Waals surface area contributed by atoms with Gasteiger partial charge < -0.3 is 14.4 Å². The fourth-order valence-corrected chi connectivity index (χ4v) is 8.58. The van der Waals surface area contributed by atoms with Gasteiger partial charge in [0.2, 0.25) is 0 Å². The monoisotopic (exact) mass is 882 g/mol. The molecule has 1 radical (unpaired) electrons. The van der Waals surface area contributed by atoms with Crippen molar-refractivity contribution in [3.05, 3.63) is 138 Å². The van der Waals surface area contributed by atoms with E-state index >= 15 is 0 Å². The summed E-state index contributed by atoms with van der Waals surface area (Å²) in [5.41, 5.74) is 9.44. The van der Waals surface area contributed by atoms with Gasteiger partial charge in [0.25, 0.3) is 0 Å². The Morgan fingerprint density at radius 1 is 0.846 bits per heavy atom. The van der Waals surface area contributed by atoms with Crippen LogP contribution in [0.25, 0.3) is 55.6 Å². The summed E-state index contributed by atoms with van der Waals surface area (Å²) in [6, 6.07) is 38.0. The minimum atomic E-state index is -2.13. The summed E-state index contributed by atoms with van der Waals surface area (Å²) in [5, 5.41) is 3.35. The van der Waals surface area contributed by atoms with Crippen molar-refractivity contribution < 1.29 is 31.4 Å². The number of benzene rings is 4. The van der Waals surface area contributed by atoms with E-state index in [9.17, 15) is 0 Å². The molecule has 3 nitrogen and oxygen atoms in total. The van der Waals surface area contributed by atoms with E-state index in [0.717, 1.165) is 86.8 Å². The second kappa shape index (κ2) is 16.2. The Morgan fingerprint density at radius 3 is 2.37 bits per heavy atom. The van der Waals surface area contributed by atoms with Crippen LogP contribution in [0.3, 0.4) is 0 Å². The molecule has 4 aromatic carbocycles. The van der Waals surface area contributed by atoms with Crippen molar-refractivity contribution in [1.29, 1.82) is 0 Å². The van der Waals surface area contributed by atoms with E-state index < -0.39 is 26.7 Å². The third kappa shape index (κ3) is 8.23. The van der Waals surface area contributed by atoms with Gasteiger partial charge >= 0.3 is 0 Å². The van der Waals surface area contributed by atoms with Crippen molar-refractivity contribution in [2.75, 3.05) is 0 Å². The van der Waals surface area contributed by atoms with Gasteiger partial charge in [0.1, 0.15) is 5.58 Å². The SMILES string of the molecule is [2H]C([2H])([2H])c1c[c-]c(-c2cc(C([2H])(C)C)c([Si](C)(C)C)cn2)cc1.[2H]C1(c2ccnc(-c3[c-]ccc4c3oc3cc(-c5ccccc5)ccc34)c2)CCCCC1.[Ir]. The van der Waals surface area contributed by atoms with E-state index in [0.29, 0.717) is 0 Å². The molecule has 1 saturated carbocycles. The molecule has 267 valence electrons. The first kappa shape index (κ1) is 31.4. The number of nitrogens with zero attached hydrogens (tertiary/aromatic N) is 2. The summed E-state index contributed by atoms with van der Waals surface area (Å²) in [4.78, 5) is 9.21. The standard InChI is InChI=1S/C29H24NO.C18H24NSi.Ir/c1-3-8-20(9-4-1)22-14-15-24-25-12-7-13-26(29(25)31-28(24)19-22)27-18-23(16-17-30-27)21-10-5-2-6-11-21;1-13(2)16-11-17(15-9-7-14(3)8-10-15)19-12-18(16)20(4,5)6;/h1,3-4,7-9,12,14-19,21H,2,5-6,10-11H2;7-9,11-13H,1-6H3;/q2*-1;/i21D;3D3,13D;. The molecule has 0 spiro atoms. The molecule has 0 atom stereocenters. The minimum absolute atomic E-state index is 0. The molecule has 3 aromatic heterocycles. The normalized spacial score (nSPS) is 16.0. The zero-order valence-corrected chi connectivity index (χ0v) is 34.0. The van der Waals surface area contributed by atoms with Gasteiger partial charge in [-0.25, -0.2) is 0 Å². The Labute approximate surface area is 331 Å². The molecule has 1 fully saturated rings. The van der Waals surface area contributed by atoms with E-state index in [1.165, 1.54) is 23.2 Å². The first-order chi connectivity index (χ1) is 26.5. The smallest absolute Gasteiger partial charge is 0.121 e. The zero-order valence-electron chi connectivity index (χ0n) is 35.6. The minimum Gasteiger partial charge on any atom is -0.501 e. The molecule has 52 heavy (non-hydrogen) atoms. The van der Waals surface area contributed by atoms with E-state index in [1.807, 2.05) is 50.5 Å². The average molecular weight is 882 g/mol. The number of rotatable bonds is 6. The third-order valence-electron chi connectivity index (χ3n) is 9.76. The molecule has 5 heteroatoms. The first-order valence-corrected chi connectivity index (χ1v) is 21.4. The molecule has 0 amide bonds. The van der Waals surface area contributed by atoms with Crippen molar-refractivity contribution in [2.45, 2.75) is 84.2 Å². The van der Waals surface area contributed by atoms with Gasteiger partial charge in [-0.2, -0.15) is 0 Å². The quantitative estimate of drug-likeness (QED) is 0.123. The van der Waals surface area contributed by atoms with Crippen LogP contribution in [0.4, 0.5) is 0 Å². The van der Waals surface area contributed by atoms with Crippen molar-refractivity contribution in [3.63, 3.8) is 0 Å². The Bertz CT molecular complexity index is 2480. The summed E-state index contributed by atoms with van der Waals surface area (Å²) in [7, 11) is -1.61. The summed E-state index contributed by atoms with van der Waals surface area (Å²) in [5.74, 6) is -1.23. The van der Waals surface area contributed by atoms with E-state index in [2.05, 4.69) is 96.3 Å². The van der Waals surface area contributed by atoms with Crippen molar-refractivity contribution in [2.24, 2.45) is 0 Å². The van der Waals surface area contributed by atoms with Gasteiger partial charge in [0, 0.05) is 44.7 Å². The van der Waals surface area contributed by atoms with Crippen LogP contribution in [0.5, 0.6) is 0 Å². The van der Waals surface area contributed by atoms with Gasteiger partial charge in [0.15, 0.2) is 0 Å². The number of aryl methyl sites for hydroxylation is 1. The van der Waals surface area contributed by atoms with Gasteiger partial charge in [0.05, 0.1) is 13.7 Å². The Kier molecular flexibility index (Phi) is 9.81. The second-order valence-electron chi connectivity index (χ2n) is 14.7. The Morgan fingerprint density at radius 2 is 1.65 bits per heavy atom. The predicted molar refractivity (Wildman–Crippen MR) is 217 cm³/mol. The Balaban J connectivity index is 0.000000198. The van der Waals surface area contributed by atoms with Crippen LogP contribution >= 0.6 is 0 Å². The maximum absolute atomic E-state index is 9.02. The second-order valence-corrected chi connectivity index (χ2v) is 19.8. The summed E-state index contributed by atoms with van der Waals surface area (Å²) >= 11 is 0. The van der Waals surface area contributed by atoms with Crippen LogP contribution < -0.4 is 5.19 Å². The number of fused-ring (bicyclic) bond motifs is 3. The van der Waals surface area contributed by atoms with Gasteiger partial charge in [-0.05, 0) is 64.5 Å². The van der Waals surface area contributed by atoms with Crippen LogP contribution in [0.15, 0.2) is 114 Å². The number of aromatic nitrogens is 2. The van der Waals surface area contributed by atoms with Gasteiger partial charge in [-0.3, -0.25) is 0 Å². The van der Waals surface area contributed by atoms with Crippen LogP contribution in [0.1, 0.15) is 81.3 Å². The van der Waals surface area contributed by atoms with E-state index in [4.69, 9.17) is 11.3 Å². The largest absolute Gasteiger partial charge is 0.501 e. The van der Waals surface area contributed by atoms with Gasteiger partial charge in [-0.1, -0.05) is 136 Å². The molecule has 7 aromatic rings. The summed E-state index contributed by atoms with van der Waals surface area (Å²) in [6.07, 6.45) is 9.02. The number of hydrogen-bond donors (Lipinski definition) is 0. The molecule has 3 heterocycles. The average Bonchev–Trinajstić information content (AvgIpc) is 3.56. The van der Waals surface area contributed by atoms with Crippen molar-refractivity contribution >= 4 is 35.2 Å². The molecule has 0 unspecified atom stereocenters. The molecular formula is C47H48IrN2OSi-2. The topological polar surface area (TPSA) is 38.9 Å². The predicted octanol–water partition coefficient (Wildman–Crippen LogP) is 12.7. The van der Waals surface area contributed by atoms with E-state index in [1.54, 1.807) is 12.1 Å². The third-order valence-corrected chi connectivity index (χ3v) is 11.8. The molecule has 0 N–H and O–H groups in total. The molecule has 0 saturated heterocycles. The molecule has 8 rings (SSSR count). The summed E-state index contributed by atoms with van der Waals surface area (Å²) < 4.78 is 46.2. The maximum Gasteiger partial charge on any atom is 0.121 e. The van der Waals surface area contributed by atoms with Crippen LogP contribution in [-0.4, -0.2) is 18.0 Å². The fraction of sp³-hybridized carbons (Fsp3) is 0.277. The van der Waals surface area contributed by atoms with Crippen LogP contribution in [0, 0.1) is 19.0 Å². The fourth-order valence-electron chi connectivity index (χ4n) is 6.99. The van der Waals surface area contributed by atoms with Crippen molar-refractivity contribution in [1.82, 2.24) is 9.97 Å². The van der Waals surface area contributed by atoms with Crippen LogP contribution in [-0.2, 0) is 20.1 Å². The van der Waals surface area contributed by atoms with Gasteiger partial charge in [-0.15, -0.1) is 53.6 Å². The van der Waals surface area contributed by atoms with E-state index in [-0.39, 0.29) is 25.7 Å². The summed E-state index contributed by atoms with van der Waals surface area (Å²) in [6.45, 7) is 8.38. The first-order valence-electron chi connectivity index (χ1n) is 20.4. The van der Waals surface area contributed by atoms with Crippen molar-refractivity contribution in [3.8, 4) is 33.6 Å². The number of pyridine rings is 2. The maximum atomic E-state index is 9.02.